The Hall–Kier alpha value is -3.41. The van der Waals surface area contributed by atoms with E-state index in [1.54, 1.807) is 24.3 Å². The standard InChI is InChI=1S/C22H23N3O6S2/c1-25(2)33(29,30)21-6-4-5-16(15-21)22(26)23-17-9-13-20(14-10-17)32(27,28)24-18-7-11-19(31-3)12-8-18/h4-15,24H,1-3H3,(H,23,26). The van der Waals surface area contributed by atoms with E-state index in [-0.39, 0.29) is 15.4 Å². The number of carbonyl (C=O) groups is 1. The van der Waals surface area contributed by atoms with Crippen LogP contribution < -0.4 is 14.8 Å². The molecule has 2 N–H and O–H groups in total. The molecule has 0 spiro atoms. The molecule has 0 fully saturated rings. The van der Waals surface area contributed by atoms with E-state index in [1.165, 1.54) is 69.7 Å². The minimum atomic E-state index is -3.84. The number of anilines is 2. The zero-order valence-electron chi connectivity index (χ0n) is 18.1. The molecular formula is C22H23N3O6S2. The number of nitrogens with one attached hydrogen (secondary N) is 2. The SMILES string of the molecule is COc1ccc(NS(=O)(=O)c2ccc(NC(=O)c3cccc(S(=O)(=O)N(C)C)c3)cc2)cc1. The summed E-state index contributed by atoms with van der Waals surface area (Å²) in [6.07, 6.45) is 0. The first-order valence-corrected chi connectivity index (χ1v) is 12.6. The van der Waals surface area contributed by atoms with Gasteiger partial charge in [-0.25, -0.2) is 21.1 Å². The van der Waals surface area contributed by atoms with Crippen LogP contribution in [0.2, 0.25) is 0 Å². The van der Waals surface area contributed by atoms with Crippen LogP contribution in [0.25, 0.3) is 0 Å². The summed E-state index contributed by atoms with van der Waals surface area (Å²) in [6, 6.07) is 17.7. The maximum Gasteiger partial charge on any atom is 0.261 e. The summed E-state index contributed by atoms with van der Waals surface area (Å²) >= 11 is 0. The molecule has 0 aromatic heterocycles. The average molecular weight is 490 g/mol. The molecular weight excluding hydrogens is 466 g/mol. The first-order valence-electron chi connectivity index (χ1n) is 9.64. The van der Waals surface area contributed by atoms with Crippen LogP contribution in [-0.2, 0) is 20.0 Å². The van der Waals surface area contributed by atoms with Crippen molar-refractivity contribution in [3.8, 4) is 5.75 Å². The molecule has 0 aliphatic carbocycles. The number of nitrogens with zero attached hydrogens (tertiary/aromatic N) is 1. The summed E-state index contributed by atoms with van der Waals surface area (Å²) in [5, 5.41) is 2.63. The quantitative estimate of drug-likeness (QED) is 0.502. The van der Waals surface area contributed by atoms with Crippen molar-refractivity contribution in [2.75, 3.05) is 31.2 Å². The van der Waals surface area contributed by atoms with Gasteiger partial charge in [0.05, 0.1) is 16.9 Å². The molecule has 174 valence electrons. The highest BCUT2D eigenvalue weighted by Crippen LogP contribution is 2.21. The molecule has 9 nitrogen and oxygen atoms in total. The van der Waals surface area contributed by atoms with Gasteiger partial charge >= 0.3 is 0 Å². The molecule has 0 bridgehead atoms. The van der Waals surface area contributed by atoms with Crippen molar-refractivity contribution < 1.29 is 26.4 Å². The lowest BCUT2D eigenvalue weighted by Gasteiger charge is -2.12. The average Bonchev–Trinajstić information content (AvgIpc) is 2.79. The molecule has 1 amide bonds. The molecule has 0 saturated carbocycles. The fourth-order valence-corrected chi connectivity index (χ4v) is 4.81. The molecule has 0 saturated heterocycles. The molecule has 0 aliphatic rings. The van der Waals surface area contributed by atoms with Crippen LogP contribution in [0, 0.1) is 0 Å². The van der Waals surface area contributed by atoms with Crippen molar-refractivity contribution in [3.63, 3.8) is 0 Å². The van der Waals surface area contributed by atoms with Crippen LogP contribution >= 0.6 is 0 Å². The van der Waals surface area contributed by atoms with Gasteiger partial charge < -0.3 is 10.1 Å². The van der Waals surface area contributed by atoms with E-state index in [9.17, 15) is 21.6 Å². The Balaban J connectivity index is 1.73. The van der Waals surface area contributed by atoms with E-state index in [2.05, 4.69) is 10.0 Å². The predicted molar refractivity (Wildman–Crippen MR) is 126 cm³/mol. The third-order valence-electron chi connectivity index (χ3n) is 4.64. The fraction of sp³-hybridized carbons (Fsp3) is 0.136. The zero-order chi connectivity index (χ0) is 24.2. The van der Waals surface area contributed by atoms with Gasteiger partial charge in [-0.3, -0.25) is 9.52 Å². The second-order valence-corrected chi connectivity index (χ2v) is 11.0. The van der Waals surface area contributed by atoms with E-state index in [0.717, 1.165) is 4.31 Å². The van der Waals surface area contributed by atoms with E-state index in [0.29, 0.717) is 17.1 Å². The second-order valence-electron chi connectivity index (χ2n) is 7.13. The van der Waals surface area contributed by atoms with Crippen molar-refractivity contribution in [2.45, 2.75) is 9.79 Å². The van der Waals surface area contributed by atoms with E-state index < -0.39 is 26.0 Å². The second kappa shape index (κ2) is 9.61. The normalized spacial score (nSPS) is 11.8. The monoisotopic (exact) mass is 489 g/mol. The van der Waals surface area contributed by atoms with Gasteiger partial charge in [-0.05, 0) is 66.7 Å². The van der Waals surface area contributed by atoms with E-state index in [4.69, 9.17) is 4.74 Å². The lowest BCUT2D eigenvalue weighted by molar-refractivity contribution is 0.102. The minimum absolute atomic E-state index is 0.00815. The van der Waals surface area contributed by atoms with Crippen LogP contribution in [0.1, 0.15) is 10.4 Å². The van der Waals surface area contributed by atoms with Crippen molar-refractivity contribution >= 4 is 37.3 Å². The topological polar surface area (TPSA) is 122 Å². The Bertz CT molecular complexity index is 1350. The van der Waals surface area contributed by atoms with Gasteiger partial charge in [-0.1, -0.05) is 6.07 Å². The van der Waals surface area contributed by atoms with Crippen LogP contribution in [0.15, 0.2) is 82.6 Å². The number of ether oxygens (including phenoxy) is 1. The fourth-order valence-electron chi connectivity index (χ4n) is 2.80. The number of benzene rings is 3. The first kappa shape index (κ1) is 24.2. The van der Waals surface area contributed by atoms with Crippen LogP contribution in [-0.4, -0.2) is 48.3 Å². The molecule has 11 heteroatoms. The Labute approximate surface area is 193 Å². The minimum Gasteiger partial charge on any atom is -0.497 e. The van der Waals surface area contributed by atoms with Crippen LogP contribution in [0.4, 0.5) is 11.4 Å². The molecule has 3 aromatic carbocycles. The molecule has 33 heavy (non-hydrogen) atoms. The zero-order valence-corrected chi connectivity index (χ0v) is 19.8. The smallest absolute Gasteiger partial charge is 0.261 e. The third kappa shape index (κ3) is 5.69. The van der Waals surface area contributed by atoms with Gasteiger partial charge in [-0.15, -0.1) is 0 Å². The van der Waals surface area contributed by atoms with Gasteiger partial charge in [0.25, 0.3) is 15.9 Å². The van der Waals surface area contributed by atoms with Crippen molar-refractivity contribution in [2.24, 2.45) is 0 Å². The Kier molecular flexibility index (Phi) is 7.06. The number of methoxy groups -OCH3 is 1. The molecule has 0 atom stereocenters. The molecule has 0 heterocycles. The van der Waals surface area contributed by atoms with Crippen LogP contribution in [0.5, 0.6) is 5.75 Å². The Morgan fingerprint density at radius 1 is 0.818 bits per heavy atom. The molecule has 0 radical (unpaired) electrons. The number of sulfonamides is 2. The van der Waals surface area contributed by atoms with Gasteiger partial charge in [-0.2, -0.15) is 0 Å². The largest absolute Gasteiger partial charge is 0.497 e. The highest BCUT2D eigenvalue weighted by Gasteiger charge is 2.19. The van der Waals surface area contributed by atoms with E-state index >= 15 is 0 Å². The summed E-state index contributed by atoms with van der Waals surface area (Å²) in [7, 11) is -3.20. The molecule has 0 aliphatic heterocycles. The Morgan fingerprint density at radius 2 is 1.42 bits per heavy atom. The van der Waals surface area contributed by atoms with Crippen molar-refractivity contribution in [1.82, 2.24) is 4.31 Å². The van der Waals surface area contributed by atoms with Gasteiger partial charge in [0.15, 0.2) is 0 Å². The number of rotatable bonds is 8. The maximum absolute atomic E-state index is 12.6. The summed E-state index contributed by atoms with van der Waals surface area (Å²) in [6.45, 7) is 0. The number of hydrogen-bond donors (Lipinski definition) is 2. The summed E-state index contributed by atoms with van der Waals surface area (Å²) in [4.78, 5) is 12.6. The lowest BCUT2D eigenvalue weighted by Crippen LogP contribution is -2.22. The number of amides is 1. The lowest BCUT2D eigenvalue weighted by atomic mass is 10.2. The molecule has 0 unspecified atom stereocenters. The summed E-state index contributed by atoms with van der Waals surface area (Å²) in [5.41, 5.74) is 0.876. The van der Waals surface area contributed by atoms with Crippen molar-refractivity contribution in [3.05, 3.63) is 78.4 Å². The van der Waals surface area contributed by atoms with Gasteiger partial charge in [0.1, 0.15) is 5.75 Å². The highest BCUT2D eigenvalue weighted by atomic mass is 32.2. The molecule has 3 rings (SSSR count). The molecule has 3 aromatic rings. The Morgan fingerprint density at radius 3 is 2.00 bits per heavy atom. The maximum atomic E-state index is 12.6. The summed E-state index contributed by atoms with van der Waals surface area (Å²) < 4.78 is 58.4. The van der Waals surface area contributed by atoms with Crippen molar-refractivity contribution in [1.29, 1.82) is 0 Å². The van der Waals surface area contributed by atoms with Gasteiger partial charge in [0.2, 0.25) is 10.0 Å². The van der Waals surface area contributed by atoms with E-state index in [1.807, 2.05) is 0 Å². The number of hydrogen-bond acceptors (Lipinski definition) is 6. The first-order chi connectivity index (χ1) is 15.5. The van der Waals surface area contributed by atoms with Crippen LogP contribution in [0.3, 0.4) is 0 Å². The highest BCUT2D eigenvalue weighted by molar-refractivity contribution is 7.92. The number of carbonyl (C=O) groups excluding carboxylic acids is 1. The summed E-state index contributed by atoms with van der Waals surface area (Å²) in [5.74, 6) is 0.0701. The third-order valence-corrected chi connectivity index (χ3v) is 7.85. The predicted octanol–water partition coefficient (Wildman–Crippen LogP) is 3.00. The van der Waals surface area contributed by atoms with Gasteiger partial charge in [0, 0.05) is 31.0 Å².